The summed E-state index contributed by atoms with van der Waals surface area (Å²) in [6.45, 7) is 2.90. The molecule has 150 valence electrons. The summed E-state index contributed by atoms with van der Waals surface area (Å²) in [7, 11) is 0. The van der Waals surface area contributed by atoms with Gasteiger partial charge in [-0.2, -0.15) is 0 Å². The summed E-state index contributed by atoms with van der Waals surface area (Å²) >= 11 is 0. The zero-order valence-electron chi connectivity index (χ0n) is 16.2. The maximum atomic E-state index is 13.4. The van der Waals surface area contributed by atoms with Gasteiger partial charge < -0.3 is 15.0 Å². The third kappa shape index (κ3) is 6.22. The third-order valence-electron chi connectivity index (χ3n) is 4.87. The Hall–Kier alpha value is -2.63. The van der Waals surface area contributed by atoms with Gasteiger partial charge >= 0.3 is 0 Å². The molecule has 2 heterocycles. The van der Waals surface area contributed by atoms with E-state index in [-0.39, 0.29) is 17.5 Å². The van der Waals surface area contributed by atoms with E-state index in [1.165, 1.54) is 31.7 Å². The van der Waals surface area contributed by atoms with E-state index < -0.39 is 0 Å². The molecule has 5 nitrogen and oxygen atoms in total. The fourth-order valence-electron chi connectivity index (χ4n) is 3.27. The number of pyridine rings is 1. The van der Waals surface area contributed by atoms with Gasteiger partial charge in [0, 0.05) is 32.3 Å². The van der Waals surface area contributed by atoms with E-state index in [0.29, 0.717) is 26.0 Å². The van der Waals surface area contributed by atoms with Gasteiger partial charge in [0.1, 0.15) is 5.82 Å². The molecule has 1 saturated heterocycles. The lowest BCUT2D eigenvalue weighted by Crippen LogP contribution is -2.25. The summed E-state index contributed by atoms with van der Waals surface area (Å²) in [4.78, 5) is 18.9. The first kappa shape index (κ1) is 20.1. The van der Waals surface area contributed by atoms with Crippen LogP contribution in [0.25, 0.3) is 0 Å². The van der Waals surface area contributed by atoms with Crippen LogP contribution in [0.5, 0.6) is 5.75 Å². The lowest BCUT2D eigenvalue weighted by atomic mass is 10.2. The molecule has 0 radical (unpaired) electrons. The molecule has 1 N–H and O–H groups in total. The molecular weight excluding hydrogens is 357 g/mol. The number of nitrogens with one attached hydrogen (secondary N) is 1. The standard InChI is InChI=1S/C22H28FN3O2/c23-19-8-3-4-9-20(19)28-15-7-10-22(27)25-17-18-11-12-21(24-16-18)26-13-5-1-2-6-14-26/h3-4,8-9,11-12,16H,1-2,5-7,10,13-15,17H2,(H,25,27). The molecular formula is C22H28FN3O2. The number of para-hydroxylation sites is 1. The summed E-state index contributed by atoms with van der Waals surface area (Å²) in [6.07, 6.45) is 7.75. The number of ether oxygens (including phenoxy) is 1. The van der Waals surface area contributed by atoms with Crippen LogP contribution < -0.4 is 15.0 Å². The highest BCUT2D eigenvalue weighted by atomic mass is 19.1. The molecule has 28 heavy (non-hydrogen) atoms. The van der Waals surface area contributed by atoms with Gasteiger partial charge in [0.2, 0.25) is 5.91 Å². The molecule has 1 aliphatic heterocycles. The van der Waals surface area contributed by atoms with Crippen LogP contribution >= 0.6 is 0 Å². The normalized spacial score (nSPS) is 14.4. The lowest BCUT2D eigenvalue weighted by Gasteiger charge is -2.21. The summed E-state index contributed by atoms with van der Waals surface area (Å²) in [5.41, 5.74) is 0.981. The Morgan fingerprint density at radius 2 is 1.89 bits per heavy atom. The Bertz CT molecular complexity index is 744. The SMILES string of the molecule is O=C(CCCOc1ccccc1F)NCc1ccc(N2CCCCCC2)nc1. The number of carbonyl (C=O) groups is 1. The molecule has 0 atom stereocenters. The predicted molar refractivity (Wildman–Crippen MR) is 108 cm³/mol. The monoisotopic (exact) mass is 385 g/mol. The highest BCUT2D eigenvalue weighted by Crippen LogP contribution is 2.18. The van der Waals surface area contributed by atoms with Crippen molar-refractivity contribution in [3.8, 4) is 5.75 Å². The van der Waals surface area contributed by atoms with Gasteiger partial charge in [0.25, 0.3) is 0 Å². The Kier molecular flexibility index (Phi) is 7.64. The van der Waals surface area contributed by atoms with E-state index in [4.69, 9.17) is 4.74 Å². The van der Waals surface area contributed by atoms with Crippen molar-refractivity contribution in [1.82, 2.24) is 10.3 Å². The van der Waals surface area contributed by atoms with Crippen molar-refractivity contribution in [1.29, 1.82) is 0 Å². The minimum atomic E-state index is -0.386. The van der Waals surface area contributed by atoms with Crippen molar-refractivity contribution < 1.29 is 13.9 Å². The number of rotatable bonds is 8. The predicted octanol–water partition coefficient (Wildman–Crippen LogP) is 4.08. The minimum Gasteiger partial charge on any atom is -0.491 e. The van der Waals surface area contributed by atoms with Crippen molar-refractivity contribution >= 4 is 11.7 Å². The second kappa shape index (κ2) is 10.6. The summed E-state index contributed by atoms with van der Waals surface area (Å²) in [5.74, 6) is 0.803. The van der Waals surface area contributed by atoms with Crippen LogP contribution in [0, 0.1) is 5.82 Å². The topological polar surface area (TPSA) is 54.5 Å². The van der Waals surface area contributed by atoms with Crippen LogP contribution in [0.2, 0.25) is 0 Å². The van der Waals surface area contributed by atoms with Crippen LogP contribution in [-0.2, 0) is 11.3 Å². The second-order valence-electron chi connectivity index (χ2n) is 7.09. The number of amides is 1. The van der Waals surface area contributed by atoms with Crippen LogP contribution in [0.4, 0.5) is 10.2 Å². The van der Waals surface area contributed by atoms with Gasteiger partial charge in [0.05, 0.1) is 6.61 Å². The van der Waals surface area contributed by atoms with E-state index in [9.17, 15) is 9.18 Å². The fraction of sp³-hybridized carbons (Fsp3) is 0.455. The number of halogens is 1. The molecule has 1 aliphatic rings. The number of anilines is 1. The number of carbonyl (C=O) groups excluding carboxylic acids is 1. The molecule has 0 saturated carbocycles. The molecule has 1 aromatic carbocycles. The van der Waals surface area contributed by atoms with Gasteiger partial charge in [-0.25, -0.2) is 9.37 Å². The number of hydrogen-bond acceptors (Lipinski definition) is 4. The second-order valence-corrected chi connectivity index (χ2v) is 7.09. The van der Waals surface area contributed by atoms with Crippen LogP contribution in [0.1, 0.15) is 44.1 Å². The molecule has 1 amide bonds. The van der Waals surface area contributed by atoms with Gasteiger partial charge in [-0.3, -0.25) is 4.79 Å². The van der Waals surface area contributed by atoms with Gasteiger partial charge in [-0.1, -0.05) is 31.0 Å². The number of nitrogens with zero attached hydrogens (tertiary/aromatic N) is 2. The highest BCUT2D eigenvalue weighted by Gasteiger charge is 2.11. The van der Waals surface area contributed by atoms with Crippen LogP contribution in [-0.4, -0.2) is 30.6 Å². The third-order valence-corrected chi connectivity index (χ3v) is 4.87. The van der Waals surface area contributed by atoms with Gasteiger partial charge in [-0.15, -0.1) is 0 Å². The average Bonchev–Trinajstić information content (AvgIpc) is 3.01. The average molecular weight is 385 g/mol. The fourth-order valence-corrected chi connectivity index (χ4v) is 3.27. The first-order valence-corrected chi connectivity index (χ1v) is 10.1. The summed E-state index contributed by atoms with van der Waals surface area (Å²) in [5, 5.41) is 2.90. The summed E-state index contributed by atoms with van der Waals surface area (Å²) in [6, 6.07) is 10.3. The first-order valence-electron chi connectivity index (χ1n) is 10.1. The zero-order chi connectivity index (χ0) is 19.6. The number of hydrogen-bond donors (Lipinski definition) is 1. The van der Waals surface area contributed by atoms with Crippen LogP contribution in [0.15, 0.2) is 42.6 Å². The molecule has 0 bridgehead atoms. The quantitative estimate of drug-likeness (QED) is 0.696. The molecule has 6 heteroatoms. The largest absolute Gasteiger partial charge is 0.491 e. The minimum absolute atomic E-state index is 0.0475. The maximum Gasteiger partial charge on any atom is 0.220 e. The molecule has 0 aliphatic carbocycles. The zero-order valence-corrected chi connectivity index (χ0v) is 16.2. The van der Waals surface area contributed by atoms with Crippen molar-refractivity contribution in [3.63, 3.8) is 0 Å². The lowest BCUT2D eigenvalue weighted by molar-refractivity contribution is -0.121. The van der Waals surface area contributed by atoms with Crippen molar-refractivity contribution in [2.75, 3.05) is 24.6 Å². The van der Waals surface area contributed by atoms with E-state index in [1.807, 2.05) is 18.3 Å². The number of benzene rings is 1. The number of aromatic nitrogens is 1. The van der Waals surface area contributed by atoms with Gasteiger partial charge in [-0.05, 0) is 43.0 Å². The van der Waals surface area contributed by atoms with E-state index in [0.717, 1.165) is 24.5 Å². The molecule has 1 fully saturated rings. The van der Waals surface area contributed by atoms with E-state index in [2.05, 4.69) is 15.2 Å². The summed E-state index contributed by atoms with van der Waals surface area (Å²) < 4.78 is 18.8. The molecule has 0 unspecified atom stereocenters. The Morgan fingerprint density at radius 3 is 2.61 bits per heavy atom. The Balaban J connectivity index is 1.35. The van der Waals surface area contributed by atoms with Crippen molar-refractivity contribution in [3.05, 3.63) is 54.0 Å². The van der Waals surface area contributed by atoms with E-state index in [1.54, 1.807) is 18.2 Å². The van der Waals surface area contributed by atoms with Crippen molar-refractivity contribution in [2.24, 2.45) is 0 Å². The molecule has 1 aromatic heterocycles. The molecule has 3 rings (SSSR count). The van der Waals surface area contributed by atoms with Crippen LogP contribution in [0.3, 0.4) is 0 Å². The molecule has 2 aromatic rings. The van der Waals surface area contributed by atoms with E-state index >= 15 is 0 Å². The smallest absolute Gasteiger partial charge is 0.220 e. The van der Waals surface area contributed by atoms with Gasteiger partial charge in [0.15, 0.2) is 11.6 Å². The van der Waals surface area contributed by atoms with Crippen molar-refractivity contribution in [2.45, 2.75) is 45.1 Å². The maximum absolute atomic E-state index is 13.4. The first-order chi connectivity index (χ1) is 13.7. The Labute approximate surface area is 165 Å². The molecule has 0 spiro atoms. The Morgan fingerprint density at radius 1 is 1.11 bits per heavy atom. The highest BCUT2D eigenvalue weighted by molar-refractivity contribution is 5.75.